The molecule has 0 aromatic rings. The molecule has 0 radical (unpaired) electrons. The van der Waals surface area contributed by atoms with Gasteiger partial charge in [0, 0.05) is 11.8 Å². The van der Waals surface area contributed by atoms with Gasteiger partial charge in [0.15, 0.2) is 12.3 Å². The lowest BCUT2D eigenvalue weighted by Crippen LogP contribution is -2.33. The summed E-state index contributed by atoms with van der Waals surface area (Å²) in [7, 11) is 0. The van der Waals surface area contributed by atoms with E-state index in [0.717, 1.165) is 19.3 Å². The van der Waals surface area contributed by atoms with Gasteiger partial charge in [-0.1, -0.05) is 0 Å². The fourth-order valence-electron chi connectivity index (χ4n) is 3.80. The molecule has 0 spiro atoms. The lowest BCUT2D eigenvalue weighted by atomic mass is 9.77. The van der Waals surface area contributed by atoms with E-state index in [0.29, 0.717) is 5.92 Å². The number of fused-ring (bicyclic) bond motifs is 2. The van der Waals surface area contributed by atoms with Crippen LogP contribution in [0.15, 0.2) is 20.0 Å². The normalized spacial score (nSPS) is 31.8. The Bertz CT molecular complexity index is 509. The van der Waals surface area contributed by atoms with E-state index >= 15 is 0 Å². The third-order valence-electron chi connectivity index (χ3n) is 4.42. The van der Waals surface area contributed by atoms with Crippen molar-refractivity contribution in [3.63, 3.8) is 0 Å². The smallest absolute Gasteiger partial charge is 0.211 e. The number of rotatable bonds is 6. The van der Waals surface area contributed by atoms with E-state index in [1.165, 1.54) is 24.3 Å². The summed E-state index contributed by atoms with van der Waals surface area (Å²) in [6, 6.07) is 0. The molecule has 8 nitrogen and oxygen atoms in total. The average Bonchev–Trinajstić information content (AvgIpc) is 3.07. The maximum Gasteiger partial charge on any atom is 0.237 e. The number of aliphatic imine (C=N–C) groups is 4. The molecular formula is C13H12N4O4. The average molecular weight is 288 g/mol. The second-order valence-electron chi connectivity index (χ2n) is 5.27. The monoisotopic (exact) mass is 288 g/mol. The van der Waals surface area contributed by atoms with Crippen molar-refractivity contribution in [2.24, 2.45) is 43.6 Å². The fraction of sp³-hybridized carbons (Fsp3) is 0.692. The second-order valence-corrected chi connectivity index (χ2v) is 5.27. The van der Waals surface area contributed by atoms with Crippen LogP contribution in [0.1, 0.15) is 19.3 Å². The molecule has 0 aromatic heterocycles. The Morgan fingerprint density at radius 2 is 1.05 bits per heavy atom. The standard InChI is InChI=1S/C13H12N4O4/c18-4-14-12(15-5-19)10-2-8-1-9(10)11(3-8)13(16-6-20)17-7-21/h8-13H,1-3H2. The topological polar surface area (TPSA) is 118 Å². The Hall–Kier alpha value is -2.48. The summed E-state index contributed by atoms with van der Waals surface area (Å²) in [6.45, 7) is 0. The highest BCUT2D eigenvalue weighted by molar-refractivity contribution is 5.38. The van der Waals surface area contributed by atoms with Gasteiger partial charge in [-0.15, -0.1) is 0 Å². The maximum absolute atomic E-state index is 10.5. The Balaban J connectivity index is 2.25. The van der Waals surface area contributed by atoms with Gasteiger partial charge in [-0.2, -0.15) is 20.0 Å². The molecule has 0 aliphatic heterocycles. The molecule has 2 aliphatic rings. The third-order valence-corrected chi connectivity index (χ3v) is 4.42. The summed E-state index contributed by atoms with van der Waals surface area (Å²) in [5, 5.41) is 0. The van der Waals surface area contributed by atoms with E-state index in [1.807, 2.05) is 0 Å². The number of carbonyl (C=O) groups excluding carboxylic acids is 4. The van der Waals surface area contributed by atoms with Crippen molar-refractivity contribution in [2.45, 2.75) is 31.6 Å². The Morgan fingerprint density at radius 3 is 1.33 bits per heavy atom. The summed E-state index contributed by atoms with van der Waals surface area (Å²) in [4.78, 5) is 56.0. The summed E-state index contributed by atoms with van der Waals surface area (Å²) < 4.78 is 0. The minimum absolute atomic E-state index is 0.0217. The van der Waals surface area contributed by atoms with Crippen LogP contribution in [-0.2, 0) is 19.2 Å². The molecular weight excluding hydrogens is 276 g/mol. The second kappa shape index (κ2) is 6.80. The van der Waals surface area contributed by atoms with E-state index in [2.05, 4.69) is 20.0 Å². The van der Waals surface area contributed by atoms with Crippen molar-refractivity contribution in [3.05, 3.63) is 0 Å². The van der Waals surface area contributed by atoms with Crippen LogP contribution in [0.25, 0.3) is 0 Å². The molecule has 2 aliphatic carbocycles. The van der Waals surface area contributed by atoms with Crippen LogP contribution < -0.4 is 0 Å². The van der Waals surface area contributed by atoms with Crippen molar-refractivity contribution >= 4 is 24.3 Å². The third kappa shape index (κ3) is 3.00. The molecule has 2 unspecified atom stereocenters. The summed E-state index contributed by atoms with van der Waals surface area (Å²) >= 11 is 0. The van der Waals surface area contributed by atoms with Crippen LogP contribution in [0.2, 0.25) is 0 Å². The first-order valence-corrected chi connectivity index (χ1v) is 6.53. The molecule has 21 heavy (non-hydrogen) atoms. The number of nitrogens with zero attached hydrogens (tertiary/aromatic N) is 4. The molecule has 0 aromatic carbocycles. The van der Waals surface area contributed by atoms with Gasteiger partial charge in [0.1, 0.15) is 0 Å². The summed E-state index contributed by atoms with van der Waals surface area (Å²) in [6.07, 6.45) is 6.39. The van der Waals surface area contributed by atoms with Gasteiger partial charge in [0.05, 0.1) is 0 Å². The molecule has 2 bridgehead atoms. The Kier molecular flexibility index (Phi) is 4.83. The zero-order chi connectivity index (χ0) is 15.2. The van der Waals surface area contributed by atoms with Crippen LogP contribution in [0.5, 0.6) is 0 Å². The molecule has 0 heterocycles. The van der Waals surface area contributed by atoms with Crippen molar-refractivity contribution < 1.29 is 19.2 Å². The lowest BCUT2D eigenvalue weighted by Gasteiger charge is -2.31. The van der Waals surface area contributed by atoms with Crippen molar-refractivity contribution in [3.8, 4) is 0 Å². The molecule has 108 valence electrons. The van der Waals surface area contributed by atoms with Gasteiger partial charge in [0.25, 0.3) is 0 Å². The molecule has 8 heteroatoms. The van der Waals surface area contributed by atoms with Gasteiger partial charge in [-0.05, 0) is 31.1 Å². The first kappa shape index (κ1) is 14.9. The molecule has 2 rings (SSSR count). The maximum atomic E-state index is 10.5. The van der Waals surface area contributed by atoms with Crippen LogP contribution in [0.4, 0.5) is 0 Å². The van der Waals surface area contributed by atoms with Crippen LogP contribution in [0.3, 0.4) is 0 Å². The summed E-state index contributed by atoms with van der Waals surface area (Å²) in [5.41, 5.74) is 0. The van der Waals surface area contributed by atoms with Crippen LogP contribution >= 0.6 is 0 Å². The first-order chi connectivity index (χ1) is 10.2. The molecule has 2 fully saturated rings. The van der Waals surface area contributed by atoms with Crippen molar-refractivity contribution in [1.29, 1.82) is 0 Å². The van der Waals surface area contributed by atoms with Gasteiger partial charge in [0.2, 0.25) is 24.3 Å². The largest absolute Gasteiger partial charge is 0.237 e. The van der Waals surface area contributed by atoms with E-state index in [9.17, 15) is 19.2 Å². The predicted octanol–water partition coefficient (Wildman–Crippen LogP) is 0.644. The fourth-order valence-corrected chi connectivity index (χ4v) is 3.80. The van der Waals surface area contributed by atoms with E-state index < -0.39 is 12.3 Å². The number of hydrogen-bond acceptors (Lipinski definition) is 8. The highest BCUT2D eigenvalue weighted by Crippen LogP contribution is 2.55. The Labute approximate surface area is 119 Å². The molecule has 0 amide bonds. The van der Waals surface area contributed by atoms with Crippen LogP contribution in [-0.4, -0.2) is 36.7 Å². The van der Waals surface area contributed by atoms with E-state index in [4.69, 9.17) is 0 Å². The van der Waals surface area contributed by atoms with Crippen molar-refractivity contribution in [2.75, 3.05) is 0 Å². The molecule has 0 N–H and O–H groups in total. The van der Waals surface area contributed by atoms with Crippen molar-refractivity contribution in [1.82, 2.24) is 0 Å². The number of hydrogen-bond donors (Lipinski definition) is 0. The minimum Gasteiger partial charge on any atom is -0.211 e. The van der Waals surface area contributed by atoms with Gasteiger partial charge in [-0.3, -0.25) is 0 Å². The van der Waals surface area contributed by atoms with Gasteiger partial charge in [-0.25, -0.2) is 19.2 Å². The van der Waals surface area contributed by atoms with Gasteiger partial charge < -0.3 is 0 Å². The highest BCUT2D eigenvalue weighted by atomic mass is 16.1. The zero-order valence-electron chi connectivity index (χ0n) is 11.0. The lowest BCUT2D eigenvalue weighted by molar-refractivity contribution is 0.187. The Morgan fingerprint density at radius 1 is 0.667 bits per heavy atom. The number of isocyanates is 4. The highest BCUT2D eigenvalue weighted by Gasteiger charge is 2.51. The predicted molar refractivity (Wildman–Crippen MR) is 67.9 cm³/mol. The van der Waals surface area contributed by atoms with E-state index in [1.54, 1.807) is 0 Å². The first-order valence-electron chi connectivity index (χ1n) is 6.53. The SMILES string of the molecule is O=C=NC(N=C=O)C1CC2CC(C(N=C=O)N=C=O)C1C2. The quantitative estimate of drug-likeness (QED) is 0.526. The minimum atomic E-state index is -0.820. The molecule has 0 saturated heterocycles. The van der Waals surface area contributed by atoms with Crippen LogP contribution in [0, 0.1) is 23.7 Å². The van der Waals surface area contributed by atoms with Gasteiger partial charge >= 0.3 is 0 Å². The molecule has 2 saturated carbocycles. The molecule has 2 atom stereocenters. The summed E-state index contributed by atoms with van der Waals surface area (Å²) in [5.74, 6) is 0.0986. The van der Waals surface area contributed by atoms with E-state index in [-0.39, 0.29) is 17.8 Å². The zero-order valence-corrected chi connectivity index (χ0v) is 11.0.